The maximum atomic E-state index is 11.6. The van der Waals surface area contributed by atoms with E-state index in [-0.39, 0.29) is 12.4 Å². The molecule has 1 N–H and O–H groups in total. The summed E-state index contributed by atoms with van der Waals surface area (Å²) in [5.41, 5.74) is 2.88. The minimum absolute atomic E-state index is 0.219. The normalized spacial score (nSPS) is 10.8. The molecule has 3 aromatic carbocycles. The summed E-state index contributed by atoms with van der Waals surface area (Å²) in [7, 11) is 1.39. The molecule has 0 saturated carbocycles. The number of ether oxygens (including phenoxy) is 4. The van der Waals surface area contributed by atoms with Gasteiger partial charge in [0.05, 0.1) is 26.7 Å². The zero-order valence-corrected chi connectivity index (χ0v) is 19.6. The highest BCUT2D eigenvalue weighted by Crippen LogP contribution is 2.25. The number of nitrogens with one attached hydrogen (secondary N) is 1. The highest BCUT2D eigenvalue weighted by Gasteiger charge is 2.10. The van der Waals surface area contributed by atoms with Gasteiger partial charge in [-0.3, -0.25) is 4.79 Å². The maximum absolute atomic E-state index is 11.6. The summed E-state index contributed by atoms with van der Waals surface area (Å²) in [6, 6.07) is 20.9. The number of rotatable bonds is 11. The van der Waals surface area contributed by atoms with Gasteiger partial charge in [0.1, 0.15) is 23.9 Å². The Morgan fingerprint density at radius 3 is 2.32 bits per heavy atom. The number of H-pyrrole nitrogens is 1. The molecule has 0 unspecified atom stereocenters. The number of aromatic nitrogens is 1. The first-order valence-electron chi connectivity index (χ1n) is 11.0. The van der Waals surface area contributed by atoms with Crippen molar-refractivity contribution >= 4 is 28.5 Å². The highest BCUT2D eigenvalue weighted by molar-refractivity contribution is 6.30. The second kappa shape index (κ2) is 11.5. The predicted octanol–water partition coefficient (Wildman–Crippen LogP) is 5.96. The van der Waals surface area contributed by atoms with Gasteiger partial charge in [-0.15, -0.1) is 0 Å². The van der Waals surface area contributed by atoms with Crippen LogP contribution in [0.4, 0.5) is 0 Å². The molecule has 0 bridgehead atoms. The van der Waals surface area contributed by atoms with Crippen LogP contribution in [0.5, 0.6) is 17.2 Å². The summed E-state index contributed by atoms with van der Waals surface area (Å²) in [6.45, 7) is 1.48. The third-order valence-electron chi connectivity index (χ3n) is 5.25. The lowest BCUT2D eigenvalue weighted by Gasteiger charge is -2.11. The van der Waals surface area contributed by atoms with Gasteiger partial charge in [0.25, 0.3) is 0 Å². The number of hydrogen-bond acceptors (Lipinski definition) is 5. The fraction of sp³-hybridized carbons (Fsp3) is 0.222. The lowest BCUT2D eigenvalue weighted by Crippen LogP contribution is -2.05. The van der Waals surface area contributed by atoms with E-state index in [1.165, 1.54) is 7.11 Å². The number of methoxy groups -OCH3 is 1. The molecule has 6 nitrogen and oxygen atoms in total. The molecule has 0 saturated heterocycles. The molecule has 0 spiro atoms. The topological polar surface area (TPSA) is 69.8 Å². The molecule has 4 rings (SSSR count). The zero-order chi connectivity index (χ0) is 23.8. The van der Waals surface area contributed by atoms with E-state index < -0.39 is 0 Å². The van der Waals surface area contributed by atoms with Crippen LogP contribution in [-0.2, 0) is 22.6 Å². The van der Waals surface area contributed by atoms with Crippen LogP contribution >= 0.6 is 11.6 Å². The van der Waals surface area contributed by atoms with Crippen LogP contribution < -0.4 is 14.2 Å². The van der Waals surface area contributed by atoms with Crippen LogP contribution in [0.1, 0.15) is 17.5 Å². The van der Waals surface area contributed by atoms with E-state index in [1.54, 1.807) is 0 Å². The minimum Gasteiger partial charge on any atom is -0.493 e. The van der Waals surface area contributed by atoms with E-state index in [9.17, 15) is 4.79 Å². The Bertz CT molecular complexity index is 1240. The van der Waals surface area contributed by atoms with Gasteiger partial charge in [-0.25, -0.2) is 0 Å². The number of esters is 1. The summed E-state index contributed by atoms with van der Waals surface area (Å²) in [5, 5.41) is 1.66. The van der Waals surface area contributed by atoms with Gasteiger partial charge in [0.2, 0.25) is 0 Å². The van der Waals surface area contributed by atoms with E-state index in [4.69, 9.17) is 30.5 Å². The molecule has 176 valence electrons. The van der Waals surface area contributed by atoms with Crippen molar-refractivity contribution in [2.75, 3.05) is 20.3 Å². The lowest BCUT2D eigenvalue weighted by atomic mass is 10.1. The first kappa shape index (κ1) is 23.5. The van der Waals surface area contributed by atoms with Crippen molar-refractivity contribution in [2.24, 2.45) is 0 Å². The average Bonchev–Trinajstić information content (AvgIpc) is 3.25. The number of carbonyl (C=O) groups is 1. The third kappa shape index (κ3) is 6.45. The molecule has 1 heterocycles. The molecule has 0 fully saturated rings. The van der Waals surface area contributed by atoms with Crippen molar-refractivity contribution in [1.29, 1.82) is 0 Å². The van der Waals surface area contributed by atoms with Crippen LogP contribution in [-0.4, -0.2) is 31.3 Å². The molecule has 1 aromatic heterocycles. The minimum atomic E-state index is -0.274. The summed E-state index contributed by atoms with van der Waals surface area (Å²) >= 11 is 5.92. The highest BCUT2D eigenvalue weighted by atomic mass is 35.5. The predicted molar refractivity (Wildman–Crippen MR) is 132 cm³/mol. The van der Waals surface area contributed by atoms with Crippen molar-refractivity contribution in [1.82, 2.24) is 4.98 Å². The molecule has 0 aliphatic heterocycles. The molecule has 4 aromatic rings. The van der Waals surface area contributed by atoms with Crippen LogP contribution in [0.3, 0.4) is 0 Å². The number of carbonyl (C=O) groups excluding carboxylic acids is 1. The van der Waals surface area contributed by atoms with Gasteiger partial charge in [0, 0.05) is 34.6 Å². The van der Waals surface area contributed by atoms with Gasteiger partial charge in [-0.05, 0) is 53.6 Å². The lowest BCUT2D eigenvalue weighted by molar-refractivity contribution is -0.139. The van der Waals surface area contributed by atoms with Crippen molar-refractivity contribution in [2.45, 2.75) is 19.4 Å². The zero-order valence-electron chi connectivity index (χ0n) is 18.9. The Kier molecular flexibility index (Phi) is 7.94. The number of fused-ring (bicyclic) bond motifs is 1. The Labute approximate surface area is 203 Å². The fourth-order valence-electron chi connectivity index (χ4n) is 3.46. The maximum Gasteiger partial charge on any atom is 0.310 e. The van der Waals surface area contributed by atoms with E-state index in [1.807, 2.05) is 72.9 Å². The third-order valence-corrected chi connectivity index (χ3v) is 5.50. The molecular weight excluding hydrogens is 454 g/mol. The van der Waals surface area contributed by atoms with E-state index in [0.29, 0.717) is 24.8 Å². The summed E-state index contributed by atoms with van der Waals surface area (Å²) < 4.78 is 22.3. The van der Waals surface area contributed by atoms with Crippen molar-refractivity contribution < 1.29 is 23.7 Å². The first-order chi connectivity index (χ1) is 16.6. The van der Waals surface area contributed by atoms with Crippen LogP contribution in [0.2, 0.25) is 5.02 Å². The Balaban J connectivity index is 1.22. The molecular formula is C27H26ClNO5. The first-order valence-corrected chi connectivity index (χ1v) is 11.4. The van der Waals surface area contributed by atoms with Crippen LogP contribution in [0, 0.1) is 0 Å². The Hall–Kier alpha value is -3.64. The van der Waals surface area contributed by atoms with Gasteiger partial charge in [0.15, 0.2) is 0 Å². The summed E-state index contributed by atoms with van der Waals surface area (Å²) in [5.74, 6) is 1.96. The van der Waals surface area contributed by atoms with Crippen LogP contribution in [0.25, 0.3) is 10.9 Å². The number of halogens is 1. The molecule has 0 amide bonds. The number of aromatic amines is 1. The van der Waals surface area contributed by atoms with Crippen LogP contribution in [0.15, 0.2) is 72.9 Å². The van der Waals surface area contributed by atoms with Crippen molar-refractivity contribution in [3.05, 3.63) is 89.1 Å². The van der Waals surface area contributed by atoms with E-state index in [0.717, 1.165) is 45.7 Å². The fourth-order valence-corrected chi connectivity index (χ4v) is 3.59. The summed E-state index contributed by atoms with van der Waals surface area (Å²) in [4.78, 5) is 14.8. The van der Waals surface area contributed by atoms with Gasteiger partial charge < -0.3 is 23.9 Å². The van der Waals surface area contributed by atoms with Crippen molar-refractivity contribution in [3.8, 4) is 17.2 Å². The largest absolute Gasteiger partial charge is 0.493 e. The van der Waals surface area contributed by atoms with E-state index >= 15 is 0 Å². The molecule has 0 radical (unpaired) electrons. The summed E-state index contributed by atoms with van der Waals surface area (Å²) in [6.07, 6.45) is 2.76. The smallest absolute Gasteiger partial charge is 0.310 e. The molecule has 0 aliphatic rings. The van der Waals surface area contributed by atoms with E-state index in [2.05, 4.69) is 4.98 Å². The quantitative estimate of drug-likeness (QED) is 0.212. The number of hydrogen-bond donors (Lipinski definition) is 1. The SMILES string of the molecule is COC(=O)Cc1c[nH]c2ccc(OCCCOc3cccc(OCc4ccc(Cl)cc4)c3)cc12. The Morgan fingerprint density at radius 2 is 1.59 bits per heavy atom. The van der Waals surface area contributed by atoms with Crippen molar-refractivity contribution in [3.63, 3.8) is 0 Å². The second-order valence-corrected chi connectivity index (χ2v) is 8.15. The van der Waals surface area contributed by atoms with Gasteiger partial charge in [-0.2, -0.15) is 0 Å². The molecule has 34 heavy (non-hydrogen) atoms. The second-order valence-electron chi connectivity index (χ2n) is 7.71. The monoisotopic (exact) mass is 479 g/mol. The molecule has 0 atom stereocenters. The average molecular weight is 480 g/mol. The Morgan fingerprint density at radius 1 is 0.882 bits per heavy atom. The molecule has 7 heteroatoms. The number of benzene rings is 3. The van der Waals surface area contributed by atoms with Gasteiger partial charge >= 0.3 is 5.97 Å². The molecule has 0 aliphatic carbocycles. The standard InChI is InChI=1S/C27H26ClNO5/c1-31-27(30)14-20-17-29-26-11-10-24(16-25(20)26)33-13-3-12-32-22-4-2-5-23(15-22)34-18-19-6-8-21(28)9-7-19/h2,4-11,15-17,29H,3,12-14,18H2,1H3. The van der Waals surface area contributed by atoms with Gasteiger partial charge in [-0.1, -0.05) is 29.8 Å².